The molecule has 2 aliphatic heterocycles. The van der Waals surface area contributed by atoms with E-state index in [0.29, 0.717) is 0 Å². The molecule has 2 unspecified atom stereocenters. The van der Waals surface area contributed by atoms with E-state index in [1.165, 1.54) is 32.4 Å². The fourth-order valence-corrected chi connectivity index (χ4v) is 2.94. The molecule has 0 amide bonds. The van der Waals surface area contributed by atoms with Crippen LogP contribution in [0, 0.1) is 0 Å². The van der Waals surface area contributed by atoms with Crippen LogP contribution in [0.3, 0.4) is 0 Å². The lowest BCUT2D eigenvalue weighted by Gasteiger charge is -2.45. The van der Waals surface area contributed by atoms with E-state index < -0.39 is 0 Å². The number of nitrogens with zero attached hydrogens (tertiary/aromatic N) is 2. The molecule has 0 aromatic rings. The zero-order valence-electron chi connectivity index (χ0n) is 6.96. The topological polar surface area (TPSA) is 6.48 Å². The molecule has 2 fully saturated rings. The molecule has 11 heavy (non-hydrogen) atoms. The van der Waals surface area contributed by atoms with E-state index in [9.17, 15) is 0 Å². The van der Waals surface area contributed by atoms with E-state index in [0.717, 1.165) is 12.1 Å². The van der Waals surface area contributed by atoms with Gasteiger partial charge in [0.25, 0.3) is 0 Å². The number of likely N-dealkylation sites (N-methyl/N-ethyl adjacent to an activating group) is 1. The molecule has 2 atom stereocenters. The van der Waals surface area contributed by atoms with Gasteiger partial charge in [-0.25, -0.2) is 3.93 Å². The van der Waals surface area contributed by atoms with E-state index >= 15 is 0 Å². The highest BCUT2D eigenvalue weighted by molar-refractivity contribution is 9.07. The fourth-order valence-electron chi connectivity index (χ4n) is 2.27. The van der Waals surface area contributed by atoms with Gasteiger partial charge in [0.15, 0.2) is 0 Å². The summed E-state index contributed by atoms with van der Waals surface area (Å²) in [5.74, 6) is 0. The van der Waals surface area contributed by atoms with Crippen LogP contribution in [0.1, 0.15) is 19.3 Å². The monoisotopic (exact) mass is 218 g/mol. The highest BCUT2D eigenvalue weighted by Gasteiger charge is 2.34. The Morgan fingerprint density at radius 3 is 2.27 bits per heavy atom. The molecular weight excluding hydrogens is 204 g/mol. The van der Waals surface area contributed by atoms with Crippen LogP contribution >= 0.6 is 16.1 Å². The molecule has 64 valence electrons. The van der Waals surface area contributed by atoms with Gasteiger partial charge in [-0.05, 0) is 19.9 Å². The molecule has 0 aromatic heterocycles. The fraction of sp³-hybridized carbons (Fsp3) is 1.00. The molecule has 0 N–H and O–H groups in total. The average Bonchev–Trinajstić information content (AvgIpc) is 1.92. The van der Waals surface area contributed by atoms with Gasteiger partial charge < -0.3 is 4.90 Å². The Morgan fingerprint density at radius 1 is 1.18 bits per heavy atom. The highest BCUT2D eigenvalue weighted by Crippen LogP contribution is 2.30. The first kappa shape index (κ1) is 8.02. The van der Waals surface area contributed by atoms with Crippen LogP contribution < -0.4 is 0 Å². The lowest BCUT2D eigenvalue weighted by Crippen LogP contribution is -2.55. The van der Waals surface area contributed by atoms with Crippen molar-refractivity contribution in [3.05, 3.63) is 0 Å². The zero-order valence-corrected chi connectivity index (χ0v) is 8.55. The van der Waals surface area contributed by atoms with Gasteiger partial charge in [0.2, 0.25) is 0 Å². The first-order chi connectivity index (χ1) is 5.27. The zero-order chi connectivity index (χ0) is 7.84. The predicted molar refractivity (Wildman–Crippen MR) is 49.7 cm³/mol. The smallest absolute Gasteiger partial charge is 0.0336 e. The van der Waals surface area contributed by atoms with E-state index in [4.69, 9.17) is 0 Å². The Morgan fingerprint density at radius 2 is 1.73 bits per heavy atom. The van der Waals surface area contributed by atoms with Crippen LogP contribution in [0.5, 0.6) is 0 Å². The Balaban J connectivity index is 2.07. The van der Waals surface area contributed by atoms with Crippen LogP contribution in [0.25, 0.3) is 0 Å². The summed E-state index contributed by atoms with van der Waals surface area (Å²) in [5.41, 5.74) is 0. The molecule has 2 rings (SSSR count). The Kier molecular flexibility index (Phi) is 2.21. The Labute approximate surface area is 76.9 Å². The summed E-state index contributed by atoms with van der Waals surface area (Å²) in [7, 11) is 2.23. The molecule has 2 aliphatic rings. The van der Waals surface area contributed by atoms with E-state index in [2.05, 4.69) is 32.0 Å². The summed E-state index contributed by atoms with van der Waals surface area (Å²) in [6.07, 6.45) is 4.16. The molecule has 0 aliphatic carbocycles. The number of piperidine rings is 1. The molecule has 2 nitrogen and oxygen atoms in total. The highest BCUT2D eigenvalue weighted by atomic mass is 79.9. The molecule has 0 radical (unpaired) electrons. The number of rotatable bonds is 0. The average molecular weight is 219 g/mol. The third-order valence-corrected chi connectivity index (χ3v) is 3.98. The lowest BCUT2D eigenvalue weighted by atomic mass is 9.95. The Bertz CT molecular complexity index is 137. The standard InChI is InChI=1S/C8H15BrN2/c1-10-5-7-3-2-4-8(6-10)11(7)9/h7-8H,2-6H2,1H3. The largest absolute Gasteiger partial charge is 0.303 e. The summed E-state index contributed by atoms with van der Waals surface area (Å²) in [4.78, 5) is 2.45. The van der Waals surface area contributed by atoms with Crippen LogP contribution in [-0.2, 0) is 0 Å². The van der Waals surface area contributed by atoms with E-state index in [1.807, 2.05) is 0 Å². The van der Waals surface area contributed by atoms with Crippen molar-refractivity contribution >= 4 is 16.1 Å². The molecular formula is C8H15BrN2. The van der Waals surface area contributed by atoms with Crippen LogP contribution in [0.4, 0.5) is 0 Å². The molecule has 2 saturated heterocycles. The van der Waals surface area contributed by atoms with Crippen LogP contribution in [0.2, 0.25) is 0 Å². The maximum atomic E-state index is 3.67. The maximum Gasteiger partial charge on any atom is 0.0336 e. The van der Waals surface area contributed by atoms with Crippen molar-refractivity contribution in [3.63, 3.8) is 0 Å². The van der Waals surface area contributed by atoms with Crippen molar-refractivity contribution in [2.45, 2.75) is 31.3 Å². The summed E-state index contributed by atoms with van der Waals surface area (Å²) in [6.45, 7) is 2.48. The van der Waals surface area contributed by atoms with E-state index in [1.54, 1.807) is 0 Å². The molecule has 3 heteroatoms. The third-order valence-electron chi connectivity index (χ3n) is 2.82. The number of halogens is 1. The maximum absolute atomic E-state index is 3.67. The quantitative estimate of drug-likeness (QED) is 0.569. The van der Waals surface area contributed by atoms with Gasteiger partial charge in [0.05, 0.1) is 0 Å². The van der Waals surface area contributed by atoms with Crippen molar-refractivity contribution in [1.82, 2.24) is 8.83 Å². The summed E-state index contributed by atoms with van der Waals surface area (Å²) in [5, 5.41) is 0. The minimum Gasteiger partial charge on any atom is -0.303 e. The van der Waals surface area contributed by atoms with Gasteiger partial charge in [-0.3, -0.25) is 0 Å². The van der Waals surface area contributed by atoms with Gasteiger partial charge in [0, 0.05) is 41.3 Å². The number of piperazine rings is 1. The van der Waals surface area contributed by atoms with Gasteiger partial charge in [-0.2, -0.15) is 0 Å². The van der Waals surface area contributed by atoms with Crippen molar-refractivity contribution in [2.24, 2.45) is 0 Å². The SMILES string of the molecule is CN1CC2CCCC(C1)N2Br. The van der Waals surface area contributed by atoms with Gasteiger partial charge >= 0.3 is 0 Å². The van der Waals surface area contributed by atoms with Crippen molar-refractivity contribution in [3.8, 4) is 0 Å². The lowest BCUT2D eigenvalue weighted by molar-refractivity contribution is 0.0803. The second-order valence-corrected chi connectivity index (χ2v) is 4.62. The molecule has 2 heterocycles. The first-order valence-corrected chi connectivity index (χ1v) is 5.11. The van der Waals surface area contributed by atoms with Gasteiger partial charge in [0.1, 0.15) is 0 Å². The summed E-state index contributed by atoms with van der Waals surface area (Å²) in [6, 6.07) is 1.54. The summed E-state index contributed by atoms with van der Waals surface area (Å²) >= 11 is 3.67. The molecule has 0 saturated carbocycles. The van der Waals surface area contributed by atoms with Gasteiger partial charge in [-0.15, -0.1) is 0 Å². The second-order valence-electron chi connectivity index (χ2n) is 3.80. The van der Waals surface area contributed by atoms with Crippen molar-refractivity contribution < 1.29 is 0 Å². The third kappa shape index (κ3) is 1.46. The van der Waals surface area contributed by atoms with Crippen molar-refractivity contribution in [1.29, 1.82) is 0 Å². The normalized spacial score (nSPS) is 40.9. The molecule has 0 spiro atoms. The number of hydrogen-bond acceptors (Lipinski definition) is 2. The number of likely N-dealkylation sites (tertiary alicyclic amines) is 1. The molecule has 0 aromatic carbocycles. The number of hydrogen-bond donors (Lipinski definition) is 0. The first-order valence-electron chi connectivity index (χ1n) is 4.40. The Hall–Kier alpha value is 0.400. The minimum absolute atomic E-state index is 0.771. The second kappa shape index (κ2) is 3.04. The van der Waals surface area contributed by atoms with Crippen LogP contribution in [-0.4, -0.2) is 41.0 Å². The van der Waals surface area contributed by atoms with Gasteiger partial charge in [-0.1, -0.05) is 6.42 Å². The minimum atomic E-state index is 0.771. The van der Waals surface area contributed by atoms with Crippen LogP contribution in [0.15, 0.2) is 0 Å². The van der Waals surface area contributed by atoms with Crippen molar-refractivity contribution in [2.75, 3.05) is 20.1 Å². The molecule has 2 bridgehead atoms. The number of fused-ring (bicyclic) bond motifs is 2. The summed E-state index contributed by atoms with van der Waals surface area (Å²) < 4.78 is 2.40. The van der Waals surface area contributed by atoms with E-state index in [-0.39, 0.29) is 0 Å². The predicted octanol–water partition coefficient (Wildman–Crippen LogP) is 1.46.